The van der Waals surface area contributed by atoms with Crippen molar-refractivity contribution in [3.63, 3.8) is 0 Å². The number of hydrogen-bond donors (Lipinski definition) is 4. The SMILES string of the molecule is NC[C@H](NC(=O)c1c(Cl)cc2c(c1Cl)CCN(C(=O)C(N)=Cc1ccccn1)C2)C(=O)O. The fourth-order valence-electron chi connectivity index (χ4n) is 3.35. The van der Waals surface area contributed by atoms with Crippen molar-refractivity contribution in [1.82, 2.24) is 15.2 Å². The van der Waals surface area contributed by atoms with Crippen molar-refractivity contribution in [1.29, 1.82) is 0 Å². The van der Waals surface area contributed by atoms with Gasteiger partial charge in [-0.15, -0.1) is 0 Å². The molecule has 0 saturated carbocycles. The predicted octanol–water partition coefficient (Wildman–Crippen LogP) is 1.41. The number of fused-ring (bicyclic) bond motifs is 1. The standard InChI is InChI=1S/C21H21Cl2N5O4/c22-14-7-11-10-28(20(30)15(25)8-12-3-1-2-5-26-12)6-4-13(11)18(23)17(14)19(29)27-16(9-24)21(31)32/h1-3,5,7-8,16H,4,6,9-10,24-25H2,(H,27,29)(H,31,32)/t16-/m0/s1. The van der Waals surface area contributed by atoms with Crippen molar-refractivity contribution < 1.29 is 19.5 Å². The zero-order valence-electron chi connectivity index (χ0n) is 16.8. The van der Waals surface area contributed by atoms with Crippen LogP contribution in [0.4, 0.5) is 0 Å². The highest BCUT2D eigenvalue weighted by Gasteiger charge is 2.29. The molecule has 6 N–H and O–H groups in total. The van der Waals surface area contributed by atoms with Gasteiger partial charge >= 0.3 is 5.97 Å². The van der Waals surface area contributed by atoms with Crippen LogP contribution in [0.25, 0.3) is 6.08 Å². The van der Waals surface area contributed by atoms with Gasteiger partial charge in [0.1, 0.15) is 6.04 Å². The zero-order chi connectivity index (χ0) is 23.4. The van der Waals surface area contributed by atoms with Gasteiger partial charge in [0, 0.05) is 25.8 Å². The minimum atomic E-state index is -1.27. The fourth-order valence-corrected chi connectivity index (χ4v) is 4.11. The number of carboxylic acid groups (broad SMARTS) is 1. The van der Waals surface area contributed by atoms with Crippen LogP contribution in [0.15, 0.2) is 36.2 Å². The molecule has 1 aliphatic heterocycles. The number of nitrogens with zero attached hydrogens (tertiary/aromatic N) is 2. The highest BCUT2D eigenvalue weighted by molar-refractivity contribution is 6.40. The maximum absolute atomic E-state index is 12.8. The van der Waals surface area contributed by atoms with Crippen molar-refractivity contribution in [3.05, 3.63) is 68.6 Å². The van der Waals surface area contributed by atoms with E-state index in [1.165, 1.54) is 6.08 Å². The maximum atomic E-state index is 12.8. The summed E-state index contributed by atoms with van der Waals surface area (Å²) in [5.74, 6) is -2.36. The molecule has 32 heavy (non-hydrogen) atoms. The largest absolute Gasteiger partial charge is 0.480 e. The molecule has 3 rings (SSSR count). The molecule has 0 spiro atoms. The van der Waals surface area contributed by atoms with Gasteiger partial charge in [-0.1, -0.05) is 29.3 Å². The normalized spacial score (nSPS) is 14.5. The Bertz CT molecular complexity index is 1090. The summed E-state index contributed by atoms with van der Waals surface area (Å²) in [6.45, 7) is 0.240. The molecule has 9 nitrogen and oxygen atoms in total. The average molecular weight is 478 g/mol. The van der Waals surface area contributed by atoms with Crippen LogP contribution in [0.5, 0.6) is 0 Å². The van der Waals surface area contributed by atoms with E-state index >= 15 is 0 Å². The van der Waals surface area contributed by atoms with E-state index in [4.69, 9.17) is 39.8 Å². The lowest BCUT2D eigenvalue weighted by molar-refractivity contribution is -0.139. The maximum Gasteiger partial charge on any atom is 0.327 e. The Morgan fingerprint density at radius 1 is 1.31 bits per heavy atom. The van der Waals surface area contributed by atoms with E-state index in [1.807, 2.05) is 0 Å². The van der Waals surface area contributed by atoms with Crippen LogP contribution in [-0.4, -0.2) is 51.9 Å². The Labute approximate surface area is 194 Å². The van der Waals surface area contributed by atoms with Crippen LogP contribution in [0.1, 0.15) is 27.2 Å². The Balaban J connectivity index is 1.82. The molecular formula is C21H21Cl2N5O4. The number of benzene rings is 1. The van der Waals surface area contributed by atoms with Crippen LogP contribution >= 0.6 is 23.2 Å². The smallest absolute Gasteiger partial charge is 0.327 e. The topological polar surface area (TPSA) is 152 Å². The van der Waals surface area contributed by atoms with Gasteiger partial charge in [-0.2, -0.15) is 0 Å². The van der Waals surface area contributed by atoms with E-state index in [1.54, 1.807) is 35.4 Å². The third kappa shape index (κ3) is 5.01. The number of carboxylic acids is 1. The summed E-state index contributed by atoms with van der Waals surface area (Å²) in [5.41, 5.74) is 13.3. The van der Waals surface area contributed by atoms with E-state index in [2.05, 4.69) is 10.3 Å². The number of amides is 2. The number of aromatic nitrogens is 1. The summed E-state index contributed by atoms with van der Waals surface area (Å²) in [7, 11) is 0. The highest BCUT2D eigenvalue weighted by Crippen LogP contribution is 2.34. The number of carbonyl (C=O) groups is 3. The molecular weight excluding hydrogens is 457 g/mol. The van der Waals surface area contributed by atoms with Gasteiger partial charge in [0.25, 0.3) is 11.8 Å². The Morgan fingerprint density at radius 3 is 2.69 bits per heavy atom. The monoisotopic (exact) mass is 477 g/mol. The summed E-state index contributed by atoms with van der Waals surface area (Å²) in [6, 6.07) is 5.56. The molecule has 11 heteroatoms. The minimum absolute atomic E-state index is 0.0267. The van der Waals surface area contributed by atoms with E-state index in [9.17, 15) is 14.4 Å². The first kappa shape index (κ1) is 23.5. The van der Waals surface area contributed by atoms with Crippen LogP contribution in [0, 0.1) is 0 Å². The molecule has 0 bridgehead atoms. The molecule has 168 valence electrons. The van der Waals surface area contributed by atoms with E-state index < -0.39 is 17.9 Å². The van der Waals surface area contributed by atoms with Crippen molar-refractivity contribution in [2.75, 3.05) is 13.1 Å². The molecule has 2 aromatic rings. The van der Waals surface area contributed by atoms with Crippen LogP contribution in [-0.2, 0) is 22.6 Å². The van der Waals surface area contributed by atoms with Gasteiger partial charge in [0.05, 0.1) is 27.0 Å². The summed E-state index contributed by atoms with van der Waals surface area (Å²) >= 11 is 12.8. The van der Waals surface area contributed by atoms with Gasteiger partial charge < -0.3 is 26.8 Å². The first-order valence-electron chi connectivity index (χ1n) is 9.63. The van der Waals surface area contributed by atoms with Crippen molar-refractivity contribution >= 4 is 47.1 Å². The molecule has 1 atom stereocenters. The minimum Gasteiger partial charge on any atom is -0.480 e. The van der Waals surface area contributed by atoms with Crippen LogP contribution in [0.2, 0.25) is 10.0 Å². The second-order valence-corrected chi connectivity index (χ2v) is 7.90. The number of hydrogen-bond acceptors (Lipinski definition) is 6. The Morgan fingerprint density at radius 2 is 2.06 bits per heavy atom. The second-order valence-electron chi connectivity index (χ2n) is 7.12. The van der Waals surface area contributed by atoms with E-state index in [0.717, 1.165) is 0 Å². The van der Waals surface area contributed by atoms with Gasteiger partial charge in [-0.05, 0) is 41.8 Å². The molecule has 1 aliphatic rings. The van der Waals surface area contributed by atoms with Crippen LogP contribution in [0.3, 0.4) is 0 Å². The van der Waals surface area contributed by atoms with Gasteiger partial charge in [-0.25, -0.2) is 4.79 Å². The van der Waals surface area contributed by atoms with E-state index in [-0.39, 0.29) is 40.3 Å². The van der Waals surface area contributed by atoms with Gasteiger partial charge in [0.15, 0.2) is 0 Å². The number of nitrogens with one attached hydrogen (secondary N) is 1. The zero-order valence-corrected chi connectivity index (χ0v) is 18.4. The summed E-state index contributed by atoms with van der Waals surface area (Å²) in [5, 5.41) is 11.6. The average Bonchev–Trinajstić information content (AvgIpc) is 2.76. The third-order valence-electron chi connectivity index (χ3n) is 5.00. The number of carbonyl (C=O) groups excluding carboxylic acids is 2. The number of halogens is 2. The molecule has 0 radical (unpaired) electrons. The number of rotatable bonds is 6. The lowest BCUT2D eigenvalue weighted by Crippen LogP contribution is -2.46. The first-order valence-corrected chi connectivity index (χ1v) is 10.4. The fraction of sp³-hybridized carbons (Fsp3) is 0.238. The summed E-state index contributed by atoms with van der Waals surface area (Å²) < 4.78 is 0. The van der Waals surface area contributed by atoms with Gasteiger partial charge in [-0.3, -0.25) is 14.6 Å². The summed E-state index contributed by atoms with van der Waals surface area (Å²) in [4.78, 5) is 42.2. The van der Waals surface area contributed by atoms with E-state index in [0.29, 0.717) is 29.8 Å². The van der Waals surface area contributed by atoms with Crippen molar-refractivity contribution in [3.8, 4) is 0 Å². The molecule has 0 aliphatic carbocycles. The second kappa shape index (κ2) is 9.99. The Kier molecular flexibility index (Phi) is 7.34. The molecule has 2 heterocycles. The third-order valence-corrected chi connectivity index (χ3v) is 5.71. The quantitative estimate of drug-likeness (QED) is 0.458. The molecule has 0 saturated heterocycles. The number of pyridine rings is 1. The number of nitrogens with two attached hydrogens (primary N) is 2. The lowest BCUT2D eigenvalue weighted by Gasteiger charge is -2.30. The lowest BCUT2D eigenvalue weighted by atomic mass is 9.96. The molecule has 1 aromatic carbocycles. The highest BCUT2D eigenvalue weighted by atomic mass is 35.5. The number of aliphatic carboxylic acids is 1. The molecule has 1 aromatic heterocycles. The van der Waals surface area contributed by atoms with Crippen LogP contribution < -0.4 is 16.8 Å². The van der Waals surface area contributed by atoms with Crippen molar-refractivity contribution in [2.45, 2.75) is 19.0 Å². The van der Waals surface area contributed by atoms with Crippen molar-refractivity contribution in [2.24, 2.45) is 11.5 Å². The van der Waals surface area contributed by atoms with Gasteiger partial charge in [0.2, 0.25) is 0 Å². The Hall–Kier alpha value is -3.14. The predicted molar refractivity (Wildman–Crippen MR) is 120 cm³/mol. The molecule has 0 unspecified atom stereocenters. The molecule has 0 fully saturated rings. The molecule has 2 amide bonds. The first-order chi connectivity index (χ1) is 15.2. The summed E-state index contributed by atoms with van der Waals surface area (Å²) in [6.07, 6.45) is 3.47.